The fraction of sp³-hybridized carbons (Fsp3) is 0.327. The molecule has 0 bridgehead atoms. The van der Waals surface area contributed by atoms with Crippen molar-refractivity contribution in [2.45, 2.75) is 77.0 Å². The summed E-state index contributed by atoms with van der Waals surface area (Å²) in [7, 11) is 0. The fourth-order valence-corrected chi connectivity index (χ4v) is 10.7. The Morgan fingerprint density at radius 3 is 1.61 bits per heavy atom. The second-order valence-corrected chi connectivity index (χ2v) is 18.1. The van der Waals surface area contributed by atoms with Crippen molar-refractivity contribution in [1.82, 2.24) is 39.5 Å². The zero-order valence-corrected chi connectivity index (χ0v) is 39.2. The highest BCUT2D eigenvalue weighted by Crippen LogP contribution is 2.39. The number of halogens is 2. The van der Waals surface area contributed by atoms with Gasteiger partial charge in [-0.25, -0.2) is 18.7 Å². The van der Waals surface area contributed by atoms with Gasteiger partial charge in [-0.2, -0.15) is 0 Å². The average Bonchev–Trinajstić information content (AvgIpc) is 4.22. The number of aromatic amines is 2. The van der Waals surface area contributed by atoms with Gasteiger partial charge in [-0.05, 0) is 72.3 Å². The average molecular weight is 931 g/mol. The number of hydrogen-bond acceptors (Lipinski definition) is 8. The summed E-state index contributed by atoms with van der Waals surface area (Å²) in [5, 5.41) is 2.41. The highest BCUT2D eigenvalue weighted by Gasteiger charge is 2.43. The topological polar surface area (TPSA) is 135 Å². The molecule has 8 aromatic rings. The van der Waals surface area contributed by atoms with E-state index in [0.29, 0.717) is 71.2 Å². The molecule has 6 atom stereocenters. The number of aromatic nitrogens is 4. The number of nitrogens with zero attached hydrogens (tertiary/aromatic N) is 6. The van der Waals surface area contributed by atoms with Crippen LogP contribution in [0, 0.1) is 0 Å². The van der Waals surface area contributed by atoms with Crippen LogP contribution in [0.1, 0.15) is 87.5 Å². The molecule has 12 nitrogen and oxygen atoms in total. The zero-order chi connectivity index (χ0) is 47.9. The summed E-state index contributed by atoms with van der Waals surface area (Å²) in [6.07, 6.45) is 1.28. The predicted molar refractivity (Wildman–Crippen MR) is 265 cm³/mol. The molecule has 2 N–H and O–H groups in total. The maximum absolute atomic E-state index is 15.2. The zero-order valence-electron chi connectivity index (χ0n) is 39.2. The smallest absolute Gasteiger partial charge is 0.245 e. The third-order valence-corrected chi connectivity index (χ3v) is 14.2. The summed E-state index contributed by atoms with van der Waals surface area (Å²) >= 11 is 0. The number of alkyl halides is 2. The van der Waals surface area contributed by atoms with Crippen molar-refractivity contribution >= 4 is 44.5 Å². The van der Waals surface area contributed by atoms with Crippen LogP contribution in [-0.4, -0.2) is 103 Å². The van der Waals surface area contributed by atoms with Gasteiger partial charge in [0.2, 0.25) is 17.2 Å². The molecule has 10 rings (SSSR count). The normalized spacial score (nSPS) is 19.4. The van der Waals surface area contributed by atoms with Crippen LogP contribution in [0.3, 0.4) is 0 Å². The molecule has 0 radical (unpaired) electrons. The summed E-state index contributed by atoms with van der Waals surface area (Å²) in [5.41, 5.74) is 5.28. The number of nitrogens with one attached hydrogen (secondary N) is 2. The van der Waals surface area contributed by atoms with Crippen LogP contribution >= 0.6 is 0 Å². The Balaban J connectivity index is 0.906. The number of amides is 2. The lowest BCUT2D eigenvalue weighted by molar-refractivity contribution is -0.139. The largest absolute Gasteiger partial charge is 0.456 e. The van der Waals surface area contributed by atoms with Gasteiger partial charge >= 0.3 is 0 Å². The van der Waals surface area contributed by atoms with Gasteiger partial charge in [0, 0.05) is 24.0 Å². The van der Waals surface area contributed by atoms with Crippen LogP contribution in [0.5, 0.6) is 0 Å². The van der Waals surface area contributed by atoms with E-state index in [1.807, 2.05) is 119 Å². The van der Waals surface area contributed by atoms with Gasteiger partial charge in [0.25, 0.3) is 0 Å². The van der Waals surface area contributed by atoms with E-state index < -0.39 is 36.5 Å². The molecule has 0 spiro atoms. The van der Waals surface area contributed by atoms with Gasteiger partial charge in [0.05, 0.1) is 59.7 Å². The molecule has 5 aromatic carbocycles. The van der Waals surface area contributed by atoms with Crippen molar-refractivity contribution in [3.8, 4) is 22.5 Å². The van der Waals surface area contributed by atoms with Crippen LogP contribution < -0.4 is 5.43 Å². The van der Waals surface area contributed by atoms with E-state index in [0.717, 1.165) is 33.0 Å². The second-order valence-electron chi connectivity index (χ2n) is 18.1. The van der Waals surface area contributed by atoms with Gasteiger partial charge in [-0.15, -0.1) is 0 Å². The predicted octanol–water partition coefficient (Wildman–Crippen LogP) is 10.3. The van der Waals surface area contributed by atoms with Crippen molar-refractivity contribution in [3.63, 3.8) is 0 Å². The van der Waals surface area contributed by atoms with Gasteiger partial charge in [0.1, 0.15) is 47.2 Å². The van der Waals surface area contributed by atoms with Crippen LogP contribution in [0.2, 0.25) is 0 Å². The van der Waals surface area contributed by atoms with E-state index in [1.165, 1.54) is 0 Å². The minimum absolute atomic E-state index is 0.00582. The third-order valence-electron chi connectivity index (χ3n) is 14.2. The van der Waals surface area contributed by atoms with Crippen LogP contribution in [0.4, 0.5) is 8.78 Å². The SMILES string of the molecule is CCN(CC)[C@@H](C(=O)N1C[C@H](F)C[C@H]1c1ncc(-c2ccc3c(ccc4oc5cc(-c6cnc([C@@H]7C[C@@H](F)CN7C(=O)[C@@H](c7ccccc7)N(CC)CC)[nH]6)ccc5c(=O)c43)c2)[nH]1)c1ccccc1. The van der Waals surface area contributed by atoms with Crippen molar-refractivity contribution in [2.24, 2.45) is 0 Å². The second kappa shape index (κ2) is 19.2. The van der Waals surface area contributed by atoms with E-state index in [1.54, 1.807) is 40.4 Å². The van der Waals surface area contributed by atoms with Crippen molar-refractivity contribution in [3.05, 3.63) is 155 Å². The maximum atomic E-state index is 15.2. The Morgan fingerprint density at radius 1 is 0.638 bits per heavy atom. The van der Waals surface area contributed by atoms with Crippen molar-refractivity contribution in [2.75, 3.05) is 39.3 Å². The molecule has 354 valence electrons. The molecule has 2 saturated heterocycles. The molecule has 2 aliphatic rings. The van der Waals surface area contributed by atoms with E-state index in [9.17, 15) is 14.4 Å². The Hall–Kier alpha value is -7.03. The molecule has 69 heavy (non-hydrogen) atoms. The first-order valence-electron chi connectivity index (χ1n) is 24.1. The first kappa shape index (κ1) is 45.7. The molecule has 5 heterocycles. The van der Waals surface area contributed by atoms with Gasteiger partial charge in [0.15, 0.2) is 0 Å². The van der Waals surface area contributed by atoms with Crippen molar-refractivity contribution < 1.29 is 22.8 Å². The number of hydrogen-bond donors (Lipinski definition) is 2. The van der Waals surface area contributed by atoms with Gasteiger partial charge in [-0.3, -0.25) is 24.2 Å². The number of likely N-dealkylation sites (tertiary alicyclic amines) is 2. The molecular weight excluding hydrogens is 875 g/mol. The monoisotopic (exact) mass is 930 g/mol. The number of benzene rings is 5. The molecule has 14 heteroatoms. The Morgan fingerprint density at radius 2 is 1.12 bits per heavy atom. The Labute approximate surface area is 399 Å². The summed E-state index contributed by atoms with van der Waals surface area (Å²) in [4.78, 5) is 66.6. The highest BCUT2D eigenvalue weighted by molar-refractivity contribution is 6.09. The van der Waals surface area contributed by atoms with Gasteiger partial charge < -0.3 is 24.2 Å². The first-order chi connectivity index (χ1) is 33.6. The molecule has 3 aromatic heterocycles. The maximum Gasteiger partial charge on any atom is 0.245 e. The van der Waals surface area contributed by atoms with Gasteiger partial charge in [-0.1, -0.05) is 113 Å². The van der Waals surface area contributed by atoms with Crippen LogP contribution in [0.25, 0.3) is 55.2 Å². The van der Waals surface area contributed by atoms with Crippen LogP contribution in [0.15, 0.2) is 131 Å². The standard InChI is InChI=1S/C55H56F2N8O4/c1-5-62(6-2)49(33-15-11-9-12-16-33)54(67)64-31-38(56)27-44(64)52-58-29-42(60-52)36-19-22-40-35(25-36)21-24-46-48(40)51(66)41-23-20-37(26-47(41)69-46)43-30-59-53(61-43)45-28-39(57)32-65(45)55(68)50(63(7-3)8-4)34-17-13-10-14-18-34/h9-26,29-30,38-39,44-45,49-50H,5-8,27-28,31-32H2,1-4H3,(H,58,60)(H,59,61)/t38-,39-,44+,45+,49-,50-/m1/s1. The summed E-state index contributed by atoms with van der Waals surface area (Å²) in [6, 6.07) is 31.9. The lowest BCUT2D eigenvalue weighted by Crippen LogP contribution is -2.43. The minimum Gasteiger partial charge on any atom is -0.456 e. The fourth-order valence-electron chi connectivity index (χ4n) is 10.7. The highest BCUT2D eigenvalue weighted by atomic mass is 19.1. The van der Waals surface area contributed by atoms with Crippen molar-refractivity contribution in [1.29, 1.82) is 0 Å². The first-order valence-corrected chi connectivity index (χ1v) is 24.1. The number of H-pyrrole nitrogens is 2. The minimum atomic E-state index is -1.19. The number of fused-ring (bicyclic) bond motifs is 4. The van der Waals surface area contributed by atoms with E-state index in [-0.39, 0.29) is 43.2 Å². The number of rotatable bonds is 14. The Kier molecular flexibility index (Phi) is 12.7. The molecule has 0 saturated carbocycles. The number of carbonyl (C=O) groups excluding carboxylic acids is 2. The molecule has 2 amide bonds. The number of carbonyl (C=O) groups is 2. The molecule has 0 unspecified atom stereocenters. The van der Waals surface area contributed by atoms with Crippen LogP contribution in [-0.2, 0) is 9.59 Å². The number of imidazole rings is 2. The molecule has 0 aliphatic carbocycles. The quantitative estimate of drug-likeness (QED) is 0.0813. The van der Waals surface area contributed by atoms with E-state index in [2.05, 4.69) is 24.8 Å². The summed E-state index contributed by atoms with van der Waals surface area (Å²) in [5.74, 6) is 0.709. The Bertz CT molecular complexity index is 3200. The van der Waals surface area contributed by atoms with E-state index in [4.69, 9.17) is 9.40 Å². The lowest BCUT2D eigenvalue weighted by Gasteiger charge is -2.34. The molecular formula is C55H56F2N8O4. The summed E-state index contributed by atoms with van der Waals surface area (Å²) in [6.45, 7) is 10.7. The molecule has 2 aliphatic heterocycles. The van der Waals surface area contributed by atoms with E-state index >= 15 is 8.78 Å². The number of likely N-dealkylation sites (N-methyl/N-ethyl adjacent to an activating group) is 2. The summed E-state index contributed by atoms with van der Waals surface area (Å²) < 4.78 is 36.9. The molecule has 2 fully saturated rings. The lowest BCUT2D eigenvalue weighted by atomic mass is 10.0. The third kappa shape index (κ3) is 8.50.